The highest BCUT2D eigenvalue weighted by molar-refractivity contribution is 5.80. The first-order valence-electron chi connectivity index (χ1n) is 5.84. The minimum atomic E-state index is -1.34. The monoisotopic (exact) mass is 236 g/mol. The predicted octanol–water partition coefficient (Wildman–Crippen LogP) is 1.27. The second-order valence-electron chi connectivity index (χ2n) is 4.10. The van der Waals surface area contributed by atoms with Crippen molar-refractivity contribution in [2.45, 2.75) is 19.4 Å². The highest BCUT2D eigenvalue weighted by Crippen LogP contribution is 2.20. The molecule has 4 nitrogen and oxygen atoms in total. The van der Waals surface area contributed by atoms with Crippen LogP contribution in [0, 0.1) is 0 Å². The molecule has 0 aliphatic rings. The summed E-state index contributed by atoms with van der Waals surface area (Å²) in [7, 11) is 0. The van der Waals surface area contributed by atoms with Gasteiger partial charge in [0.25, 0.3) is 0 Å². The first-order valence-corrected chi connectivity index (χ1v) is 5.84. The molecule has 0 radical (unpaired) electrons. The van der Waals surface area contributed by atoms with Gasteiger partial charge in [-0.1, -0.05) is 44.2 Å². The van der Waals surface area contributed by atoms with Crippen LogP contribution in [-0.4, -0.2) is 35.6 Å². The van der Waals surface area contributed by atoms with E-state index in [2.05, 4.69) is 0 Å². The van der Waals surface area contributed by atoms with Crippen molar-refractivity contribution in [1.82, 2.24) is 4.90 Å². The summed E-state index contributed by atoms with van der Waals surface area (Å²) in [6, 6.07) is 8.99. The van der Waals surface area contributed by atoms with Crippen LogP contribution in [0.1, 0.15) is 19.4 Å². The predicted molar refractivity (Wildman–Crippen MR) is 67.7 cm³/mol. The van der Waals surface area contributed by atoms with Gasteiger partial charge >= 0.3 is 5.97 Å². The van der Waals surface area contributed by atoms with E-state index in [0.717, 1.165) is 13.1 Å². The van der Waals surface area contributed by atoms with Crippen molar-refractivity contribution in [3.63, 3.8) is 0 Å². The Hall–Kier alpha value is -1.39. The molecule has 0 saturated heterocycles. The minimum absolute atomic E-state index is 0.319. The van der Waals surface area contributed by atoms with Gasteiger partial charge in [0.15, 0.2) is 5.54 Å². The number of carbonyl (C=O) groups is 1. The molecular formula is C13H20N2O2. The van der Waals surface area contributed by atoms with Crippen LogP contribution in [0.15, 0.2) is 30.3 Å². The van der Waals surface area contributed by atoms with Gasteiger partial charge in [0, 0.05) is 6.54 Å². The summed E-state index contributed by atoms with van der Waals surface area (Å²) < 4.78 is 0. The maximum absolute atomic E-state index is 11.4. The number of nitrogens with zero attached hydrogens (tertiary/aromatic N) is 1. The first-order chi connectivity index (χ1) is 8.04. The molecule has 0 heterocycles. The van der Waals surface area contributed by atoms with Crippen molar-refractivity contribution >= 4 is 5.97 Å². The van der Waals surface area contributed by atoms with Crippen LogP contribution in [0.3, 0.4) is 0 Å². The molecule has 0 aliphatic carbocycles. The topological polar surface area (TPSA) is 66.6 Å². The van der Waals surface area contributed by atoms with Crippen molar-refractivity contribution in [2.24, 2.45) is 5.73 Å². The number of rotatable bonds is 6. The summed E-state index contributed by atoms with van der Waals surface area (Å²) in [5.41, 5.74) is 5.37. The van der Waals surface area contributed by atoms with Crippen molar-refractivity contribution in [1.29, 1.82) is 0 Å². The Bertz CT molecular complexity index is 363. The molecule has 1 rings (SSSR count). The molecule has 0 saturated carbocycles. The lowest BCUT2D eigenvalue weighted by Gasteiger charge is -2.31. The SMILES string of the molecule is CCN(CC)CC(N)(C(=O)O)c1ccccc1. The number of hydrogen-bond donors (Lipinski definition) is 2. The molecule has 0 aromatic heterocycles. The number of benzene rings is 1. The highest BCUT2D eigenvalue weighted by Gasteiger charge is 2.37. The van der Waals surface area contributed by atoms with Crippen molar-refractivity contribution in [2.75, 3.05) is 19.6 Å². The molecule has 1 aromatic carbocycles. The zero-order valence-electron chi connectivity index (χ0n) is 10.4. The zero-order chi connectivity index (χ0) is 12.9. The van der Waals surface area contributed by atoms with Crippen LogP contribution in [-0.2, 0) is 10.3 Å². The molecular weight excluding hydrogens is 216 g/mol. The number of likely N-dealkylation sites (N-methyl/N-ethyl adjacent to an activating group) is 1. The number of carboxylic acid groups (broad SMARTS) is 1. The van der Waals surface area contributed by atoms with E-state index in [1.165, 1.54) is 0 Å². The Morgan fingerprint density at radius 3 is 2.24 bits per heavy atom. The molecule has 0 spiro atoms. The zero-order valence-corrected chi connectivity index (χ0v) is 10.4. The third-order valence-corrected chi connectivity index (χ3v) is 3.04. The highest BCUT2D eigenvalue weighted by atomic mass is 16.4. The standard InChI is InChI=1S/C13H20N2O2/c1-3-15(4-2)10-13(14,12(16)17)11-8-6-5-7-9-11/h5-9H,3-4,10,14H2,1-2H3,(H,16,17). The fraction of sp³-hybridized carbons (Fsp3) is 0.462. The fourth-order valence-corrected chi connectivity index (χ4v) is 1.82. The second kappa shape index (κ2) is 5.80. The average molecular weight is 236 g/mol. The molecule has 3 N–H and O–H groups in total. The van der Waals surface area contributed by atoms with E-state index in [1.54, 1.807) is 12.1 Å². The number of hydrogen-bond acceptors (Lipinski definition) is 3. The van der Waals surface area contributed by atoms with Gasteiger partial charge in [0.1, 0.15) is 0 Å². The van der Waals surface area contributed by atoms with Gasteiger partial charge < -0.3 is 15.7 Å². The Morgan fingerprint density at radius 2 is 1.82 bits per heavy atom. The first kappa shape index (κ1) is 13.7. The fourth-order valence-electron chi connectivity index (χ4n) is 1.82. The molecule has 4 heteroatoms. The molecule has 1 unspecified atom stereocenters. The van der Waals surface area contributed by atoms with Gasteiger partial charge in [0.2, 0.25) is 0 Å². The number of carboxylic acids is 1. The van der Waals surface area contributed by atoms with E-state index in [4.69, 9.17) is 5.73 Å². The Balaban J connectivity index is 3.02. The minimum Gasteiger partial charge on any atom is -0.480 e. The molecule has 1 aromatic rings. The quantitative estimate of drug-likeness (QED) is 0.780. The van der Waals surface area contributed by atoms with E-state index >= 15 is 0 Å². The van der Waals surface area contributed by atoms with Crippen molar-refractivity contribution < 1.29 is 9.90 Å². The number of nitrogens with two attached hydrogens (primary N) is 1. The molecule has 0 amide bonds. The molecule has 94 valence electrons. The third-order valence-electron chi connectivity index (χ3n) is 3.04. The number of aliphatic carboxylic acids is 1. The van der Waals surface area contributed by atoms with Crippen LogP contribution >= 0.6 is 0 Å². The summed E-state index contributed by atoms with van der Waals surface area (Å²) in [6.07, 6.45) is 0. The largest absolute Gasteiger partial charge is 0.480 e. The van der Waals surface area contributed by atoms with Crippen LogP contribution in [0.5, 0.6) is 0 Å². The molecule has 0 fully saturated rings. The Kier molecular flexibility index (Phi) is 4.66. The van der Waals surface area contributed by atoms with Crippen LogP contribution in [0.4, 0.5) is 0 Å². The molecule has 0 bridgehead atoms. The molecule has 1 atom stereocenters. The molecule has 0 aliphatic heterocycles. The Morgan fingerprint density at radius 1 is 1.29 bits per heavy atom. The summed E-state index contributed by atoms with van der Waals surface area (Å²) in [5, 5.41) is 9.37. The third kappa shape index (κ3) is 3.05. The Labute approximate surface area is 102 Å². The van der Waals surface area contributed by atoms with E-state index in [1.807, 2.05) is 36.9 Å². The van der Waals surface area contributed by atoms with E-state index in [-0.39, 0.29) is 0 Å². The van der Waals surface area contributed by atoms with Crippen LogP contribution in [0.2, 0.25) is 0 Å². The summed E-state index contributed by atoms with van der Waals surface area (Å²) in [5.74, 6) is -0.990. The van der Waals surface area contributed by atoms with E-state index in [0.29, 0.717) is 12.1 Å². The van der Waals surface area contributed by atoms with Crippen LogP contribution in [0.25, 0.3) is 0 Å². The summed E-state index contributed by atoms with van der Waals surface area (Å²) in [6.45, 7) is 5.89. The maximum Gasteiger partial charge on any atom is 0.329 e. The van der Waals surface area contributed by atoms with Gasteiger partial charge in [-0.3, -0.25) is 0 Å². The lowest BCUT2D eigenvalue weighted by atomic mass is 9.90. The van der Waals surface area contributed by atoms with Gasteiger partial charge in [-0.2, -0.15) is 0 Å². The summed E-state index contributed by atoms with van der Waals surface area (Å²) in [4.78, 5) is 13.5. The van der Waals surface area contributed by atoms with Gasteiger partial charge in [-0.25, -0.2) is 4.79 Å². The molecule has 17 heavy (non-hydrogen) atoms. The van der Waals surface area contributed by atoms with Gasteiger partial charge in [-0.15, -0.1) is 0 Å². The lowest BCUT2D eigenvalue weighted by Crippen LogP contribution is -2.53. The van der Waals surface area contributed by atoms with Gasteiger partial charge in [0.05, 0.1) is 0 Å². The smallest absolute Gasteiger partial charge is 0.329 e. The second-order valence-corrected chi connectivity index (χ2v) is 4.10. The maximum atomic E-state index is 11.4. The van der Waals surface area contributed by atoms with E-state index in [9.17, 15) is 9.90 Å². The van der Waals surface area contributed by atoms with Crippen molar-refractivity contribution in [3.05, 3.63) is 35.9 Å². The van der Waals surface area contributed by atoms with Crippen molar-refractivity contribution in [3.8, 4) is 0 Å². The summed E-state index contributed by atoms with van der Waals surface area (Å²) >= 11 is 0. The average Bonchev–Trinajstić information content (AvgIpc) is 2.36. The van der Waals surface area contributed by atoms with Gasteiger partial charge in [-0.05, 0) is 18.7 Å². The normalized spacial score (nSPS) is 14.6. The van der Waals surface area contributed by atoms with Crippen LogP contribution < -0.4 is 5.73 Å². The van der Waals surface area contributed by atoms with E-state index < -0.39 is 11.5 Å². The lowest BCUT2D eigenvalue weighted by molar-refractivity contribution is -0.144.